The van der Waals surface area contributed by atoms with Crippen LogP contribution in [-0.2, 0) is 14.3 Å². The van der Waals surface area contributed by atoms with E-state index in [1.165, 1.54) is 32.4 Å². The van der Waals surface area contributed by atoms with Crippen molar-refractivity contribution in [2.75, 3.05) is 7.11 Å². The summed E-state index contributed by atoms with van der Waals surface area (Å²) in [7, 11) is 1.28. The Morgan fingerprint density at radius 3 is 2.33 bits per heavy atom. The van der Waals surface area contributed by atoms with Gasteiger partial charge in [0, 0.05) is 0 Å². The molecular formula is C12H16O3. The third-order valence-corrected chi connectivity index (χ3v) is 2.52. The van der Waals surface area contributed by atoms with Crippen LogP contribution < -0.4 is 0 Å². The van der Waals surface area contributed by atoms with Gasteiger partial charge in [0.05, 0.1) is 7.11 Å². The number of ketones is 1. The molecule has 1 saturated carbocycles. The van der Waals surface area contributed by atoms with Crippen molar-refractivity contribution in [2.45, 2.75) is 32.6 Å². The second kappa shape index (κ2) is 5.49. The number of esters is 1. The highest BCUT2D eigenvalue weighted by molar-refractivity contribution is 6.16. The number of methoxy groups -OCH3 is 1. The Morgan fingerprint density at radius 1 is 1.27 bits per heavy atom. The molecule has 0 spiro atoms. The summed E-state index contributed by atoms with van der Waals surface area (Å²) < 4.78 is 4.53. The Kier molecular flexibility index (Phi) is 4.28. The second-order valence-electron chi connectivity index (χ2n) is 3.66. The zero-order valence-electron chi connectivity index (χ0n) is 9.21. The molecule has 3 nitrogen and oxygen atoms in total. The van der Waals surface area contributed by atoms with Gasteiger partial charge in [-0.15, -0.1) is 0 Å². The number of ether oxygens (including phenoxy) is 1. The van der Waals surface area contributed by atoms with Crippen LogP contribution in [0.1, 0.15) is 32.6 Å². The first-order valence-corrected chi connectivity index (χ1v) is 5.14. The van der Waals surface area contributed by atoms with Gasteiger partial charge in [-0.05, 0) is 38.7 Å². The fraction of sp³-hybridized carbons (Fsp3) is 0.500. The van der Waals surface area contributed by atoms with E-state index in [1.807, 2.05) is 6.08 Å². The molecule has 0 aromatic carbocycles. The monoisotopic (exact) mass is 208 g/mol. The Balaban J connectivity index is 2.79. The van der Waals surface area contributed by atoms with Crippen LogP contribution in [0.2, 0.25) is 0 Å². The molecule has 0 heterocycles. The zero-order valence-corrected chi connectivity index (χ0v) is 9.21. The molecule has 1 rings (SSSR count). The summed E-state index contributed by atoms with van der Waals surface area (Å²) in [5.41, 5.74) is 1.43. The summed E-state index contributed by atoms with van der Waals surface area (Å²) >= 11 is 0. The lowest BCUT2D eigenvalue weighted by atomic mass is 10.1. The van der Waals surface area contributed by atoms with Crippen LogP contribution in [0.25, 0.3) is 0 Å². The largest absolute Gasteiger partial charge is 0.465 e. The molecule has 0 atom stereocenters. The zero-order chi connectivity index (χ0) is 11.3. The van der Waals surface area contributed by atoms with E-state index in [2.05, 4.69) is 4.74 Å². The van der Waals surface area contributed by atoms with Crippen LogP contribution in [-0.4, -0.2) is 18.9 Å². The molecule has 0 radical (unpaired) electrons. The molecule has 0 unspecified atom stereocenters. The van der Waals surface area contributed by atoms with E-state index in [0.717, 1.165) is 12.8 Å². The van der Waals surface area contributed by atoms with Gasteiger partial charge < -0.3 is 4.74 Å². The highest BCUT2D eigenvalue weighted by atomic mass is 16.5. The maximum atomic E-state index is 11.2. The molecule has 3 heteroatoms. The van der Waals surface area contributed by atoms with E-state index in [0.29, 0.717) is 0 Å². The van der Waals surface area contributed by atoms with Gasteiger partial charge in [0.15, 0.2) is 5.78 Å². The molecule has 1 fully saturated rings. The third-order valence-electron chi connectivity index (χ3n) is 2.52. The Morgan fingerprint density at radius 2 is 1.87 bits per heavy atom. The average molecular weight is 208 g/mol. The summed E-state index contributed by atoms with van der Waals surface area (Å²) in [6.07, 6.45) is 8.00. The smallest absolute Gasteiger partial charge is 0.341 e. The summed E-state index contributed by atoms with van der Waals surface area (Å²) in [6.45, 7) is 1.37. The summed E-state index contributed by atoms with van der Waals surface area (Å²) in [6, 6.07) is 0. The minimum Gasteiger partial charge on any atom is -0.465 e. The van der Waals surface area contributed by atoms with Crippen LogP contribution in [0.15, 0.2) is 23.3 Å². The van der Waals surface area contributed by atoms with E-state index in [4.69, 9.17) is 0 Å². The lowest BCUT2D eigenvalue weighted by molar-refractivity contribution is -0.137. The molecule has 1 aliphatic rings. The molecule has 15 heavy (non-hydrogen) atoms. The van der Waals surface area contributed by atoms with Crippen LogP contribution in [0.5, 0.6) is 0 Å². The molecule has 82 valence electrons. The van der Waals surface area contributed by atoms with Crippen molar-refractivity contribution in [3.8, 4) is 0 Å². The predicted molar refractivity (Wildman–Crippen MR) is 57.3 cm³/mol. The number of rotatable bonds is 3. The van der Waals surface area contributed by atoms with Gasteiger partial charge in [0.25, 0.3) is 0 Å². The van der Waals surface area contributed by atoms with Gasteiger partial charge >= 0.3 is 5.97 Å². The molecule has 0 aromatic heterocycles. The molecule has 0 amide bonds. The van der Waals surface area contributed by atoms with E-state index < -0.39 is 5.97 Å². The SMILES string of the molecule is COC(=O)/C(=C/C=C1CCCC1)C(C)=O. The van der Waals surface area contributed by atoms with Gasteiger partial charge in [-0.25, -0.2) is 4.79 Å². The van der Waals surface area contributed by atoms with E-state index >= 15 is 0 Å². The van der Waals surface area contributed by atoms with Crippen molar-refractivity contribution in [3.63, 3.8) is 0 Å². The minimum absolute atomic E-state index is 0.122. The van der Waals surface area contributed by atoms with Crippen molar-refractivity contribution in [3.05, 3.63) is 23.3 Å². The second-order valence-corrected chi connectivity index (χ2v) is 3.66. The van der Waals surface area contributed by atoms with Crippen molar-refractivity contribution in [1.82, 2.24) is 0 Å². The molecular weight excluding hydrogens is 192 g/mol. The maximum Gasteiger partial charge on any atom is 0.341 e. The van der Waals surface area contributed by atoms with Gasteiger partial charge in [0.1, 0.15) is 5.57 Å². The molecule has 1 aliphatic carbocycles. The number of hydrogen-bond acceptors (Lipinski definition) is 3. The van der Waals surface area contributed by atoms with Crippen molar-refractivity contribution < 1.29 is 14.3 Å². The Hall–Kier alpha value is -1.38. The van der Waals surface area contributed by atoms with E-state index in [1.54, 1.807) is 6.08 Å². The van der Waals surface area contributed by atoms with Gasteiger partial charge in [-0.3, -0.25) is 4.79 Å². The number of Topliss-reactive ketones (excluding diaryl/α,β-unsaturated/α-hetero) is 1. The standard InChI is InChI=1S/C12H16O3/c1-9(13)11(12(14)15-2)8-7-10-5-3-4-6-10/h7-8H,3-6H2,1-2H3/b11-8+. The van der Waals surface area contributed by atoms with E-state index in [9.17, 15) is 9.59 Å². The van der Waals surface area contributed by atoms with Crippen molar-refractivity contribution in [2.24, 2.45) is 0 Å². The highest BCUT2D eigenvalue weighted by Crippen LogP contribution is 2.23. The number of allylic oxidation sites excluding steroid dienone is 3. The van der Waals surface area contributed by atoms with Crippen molar-refractivity contribution in [1.29, 1.82) is 0 Å². The highest BCUT2D eigenvalue weighted by Gasteiger charge is 2.14. The molecule has 0 aromatic rings. The number of hydrogen-bond donors (Lipinski definition) is 0. The van der Waals surface area contributed by atoms with Crippen LogP contribution >= 0.6 is 0 Å². The van der Waals surface area contributed by atoms with Crippen LogP contribution in [0, 0.1) is 0 Å². The first-order chi connectivity index (χ1) is 7.15. The number of carbonyl (C=O) groups is 2. The van der Waals surface area contributed by atoms with E-state index in [-0.39, 0.29) is 11.4 Å². The maximum absolute atomic E-state index is 11.2. The van der Waals surface area contributed by atoms with Gasteiger partial charge in [-0.1, -0.05) is 11.6 Å². The molecule has 0 bridgehead atoms. The quantitative estimate of drug-likeness (QED) is 0.309. The summed E-state index contributed by atoms with van der Waals surface area (Å²) in [4.78, 5) is 22.4. The molecule has 0 N–H and O–H groups in total. The lowest BCUT2D eigenvalue weighted by Gasteiger charge is -1.99. The summed E-state index contributed by atoms with van der Waals surface area (Å²) in [5, 5.41) is 0. The van der Waals surface area contributed by atoms with Gasteiger partial charge in [0.2, 0.25) is 0 Å². The molecule has 0 saturated heterocycles. The minimum atomic E-state index is -0.558. The Labute approximate surface area is 89.8 Å². The fourth-order valence-corrected chi connectivity index (χ4v) is 1.64. The third kappa shape index (κ3) is 3.35. The fourth-order valence-electron chi connectivity index (χ4n) is 1.64. The average Bonchev–Trinajstić information content (AvgIpc) is 2.70. The lowest BCUT2D eigenvalue weighted by Crippen LogP contribution is -2.11. The van der Waals surface area contributed by atoms with Crippen molar-refractivity contribution >= 4 is 11.8 Å². The topological polar surface area (TPSA) is 43.4 Å². The molecule has 0 aliphatic heterocycles. The van der Waals surface area contributed by atoms with Crippen LogP contribution in [0.4, 0.5) is 0 Å². The summed E-state index contributed by atoms with van der Waals surface area (Å²) in [5.74, 6) is -0.811. The first kappa shape index (κ1) is 11.7. The predicted octanol–water partition coefficient (Wildman–Crippen LogP) is 2.18. The van der Waals surface area contributed by atoms with Gasteiger partial charge in [-0.2, -0.15) is 0 Å². The van der Waals surface area contributed by atoms with Crippen LogP contribution in [0.3, 0.4) is 0 Å². The normalized spacial score (nSPS) is 16.4. The first-order valence-electron chi connectivity index (χ1n) is 5.14. The Bertz CT molecular complexity index is 316. The number of carbonyl (C=O) groups excluding carboxylic acids is 2.